The van der Waals surface area contributed by atoms with Crippen LogP contribution in [0.15, 0.2) is 0 Å². The van der Waals surface area contributed by atoms with Gasteiger partial charge in [-0.3, -0.25) is 37.3 Å². The van der Waals surface area contributed by atoms with E-state index in [1.54, 1.807) is 0 Å². The van der Waals surface area contributed by atoms with Gasteiger partial charge in [-0.15, -0.1) is 0 Å². The van der Waals surface area contributed by atoms with Crippen molar-refractivity contribution in [2.24, 2.45) is 23.7 Å². The molecule has 0 radical (unpaired) electrons. The SMILES string of the molecule is CCC(C)CCCCCCCCC(=O)OC[C@H](COP(=O)(O)OC[C@H](O)COP(=O)(O)OC[C@@H](COC(=O)CCCCCCCCCCCC(C)C)OC(=O)CCCCCCCCCCCCC(C)C)OC(=O)CCCCCCCCCC(C)C. The van der Waals surface area contributed by atoms with E-state index in [-0.39, 0.29) is 25.7 Å². The molecule has 0 rings (SSSR count). The van der Waals surface area contributed by atoms with E-state index in [4.69, 9.17) is 37.0 Å². The zero-order chi connectivity index (χ0) is 63.2. The zero-order valence-corrected chi connectivity index (χ0v) is 57.0. The Morgan fingerprint density at radius 3 is 0.835 bits per heavy atom. The van der Waals surface area contributed by atoms with Gasteiger partial charge in [0.15, 0.2) is 12.2 Å². The Balaban J connectivity index is 5.26. The summed E-state index contributed by atoms with van der Waals surface area (Å²) in [6.45, 7) is 14.0. The Morgan fingerprint density at radius 1 is 0.329 bits per heavy atom. The Bertz CT molecular complexity index is 1700. The quantitative estimate of drug-likeness (QED) is 0.0222. The highest BCUT2D eigenvalue weighted by atomic mass is 31.2. The summed E-state index contributed by atoms with van der Waals surface area (Å²) in [5.74, 6) is 0.784. The first kappa shape index (κ1) is 83.1. The molecule has 0 amide bonds. The minimum atomic E-state index is -4.95. The average Bonchev–Trinajstić information content (AvgIpc) is 3.50. The van der Waals surface area contributed by atoms with Crippen LogP contribution in [0, 0.1) is 23.7 Å². The van der Waals surface area contributed by atoms with Crippen LogP contribution in [0.4, 0.5) is 0 Å². The molecule has 0 aliphatic rings. The molecule has 504 valence electrons. The first-order valence-corrected chi connectivity index (χ1v) is 37.2. The van der Waals surface area contributed by atoms with Crippen molar-refractivity contribution >= 4 is 39.5 Å². The summed E-state index contributed by atoms with van der Waals surface area (Å²) in [7, 11) is -9.89. The van der Waals surface area contributed by atoms with E-state index in [1.165, 1.54) is 116 Å². The molecule has 3 N–H and O–H groups in total. The topological polar surface area (TPSA) is 237 Å². The second kappa shape index (κ2) is 56.1. The minimum absolute atomic E-state index is 0.102. The van der Waals surface area contributed by atoms with Gasteiger partial charge >= 0.3 is 39.5 Å². The summed E-state index contributed by atoms with van der Waals surface area (Å²) < 4.78 is 68.1. The number of unbranched alkanes of at least 4 members (excludes halogenated alkanes) is 28. The standard InChI is InChI=1S/C66H128O17P2/c1-9-59(8)45-37-29-24-25-31-39-47-64(69)77-53-62(83-66(71)49-41-33-23-17-20-28-36-44-58(6)7)55-81-85(74,75)79-51-60(67)50-78-84(72,73)80-54-61(52-76-63(68)46-38-30-21-16-12-14-19-27-35-43-57(4)5)82-65(70)48-40-32-22-15-11-10-13-18-26-34-42-56(2)3/h56-62,67H,9-55H2,1-8H3,(H,72,73)(H,74,75)/t59?,60-,61-,62-/m1/s1. The second-order valence-electron chi connectivity index (χ2n) is 25.5. The highest BCUT2D eigenvalue weighted by Gasteiger charge is 2.30. The number of aliphatic hydroxyl groups is 1. The molecule has 0 heterocycles. The Kier molecular flexibility index (Phi) is 54.8. The number of hydrogen-bond donors (Lipinski definition) is 3. The summed E-state index contributed by atoms with van der Waals surface area (Å²) in [6.07, 6.45) is 36.3. The molecule has 17 nitrogen and oxygen atoms in total. The third-order valence-electron chi connectivity index (χ3n) is 15.4. The van der Waals surface area contributed by atoms with Crippen LogP contribution in [-0.4, -0.2) is 96.7 Å². The van der Waals surface area contributed by atoms with Crippen LogP contribution < -0.4 is 0 Å². The van der Waals surface area contributed by atoms with Gasteiger partial charge in [-0.25, -0.2) is 9.13 Å². The first-order chi connectivity index (χ1) is 40.6. The molecule has 0 aliphatic carbocycles. The molecular weight excluding hydrogens is 1130 g/mol. The molecule has 19 heteroatoms. The number of phosphoric acid groups is 2. The molecule has 6 atom stereocenters. The van der Waals surface area contributed by atoms with Gasteiger partial charge in [-0.1, -0.05) is 267 Å². The van der Waals surface area contributed by atoms with E-state index >= 15 is 0 Å². The van der Waals surface area contributed by atoms with E-state index in [0.717, 1.165) is 114 Å². The number of esters is 4. The lowest BCUT2D eigenvalue weighted by Gasteiger charge is -2.21. The summed E-state index contributed by atoms with van der Waals surface area (Å²) in [6, 6.07) is 0. The lowest BCUT2D eigenvalue weighted by Crippen LogP contribution is -2.30. The minimum Gasteiger partial charge on any atom is -0.462 e. The van der Waals surface area contributed by atoms with Crippen molar-refractivity contribution < 1.29 is 80.2 Å². The van der Waals surface area contributed by atoms with E-state index in [0.29, 0.717) is 31.6 Å². The van der Waals surface area contributed by atoms with Crippen LogP contribution in [0.5, 0.6) is 0 Å². The Morgan fingerprint density at radius 2 is 0.565 bits per heavy atom. The van der Waals surface area contributed by atoms with Crippen molar-refractivity contribution in [3.63, 3.8) is 0 Å². The largest absolute Gasteiger partial charge is 0.472 e. The van der Waals surface area contributed by atoms with E-state index in [2.05, 4.69) is 55.4 Å². The molecule has 0 saturated carbocycles. The molecule has 0 fully saturated rings. The number of phosphoric ester groups is 2. The van der Waals surface area contributed by atoms with Gasteiger partial charge in [0.05, 0.1) is 26.4 Å². The van der Waals surface area contributed by atoms with Crippen molar-refractivity contribution in [3.05, 3.63) is 0 Å². The molecule has 0 spiro atoms. The van der Waals surface area contributed by atoms with E-state index < -0.39 is 97.5 Å². The Labute approximate surface area is 517 Å². The van der Waals surface area contributed by atoms with Crippen molar-refractivity contribution in [2.75, 3.05) is 39.6 Å². The van der Waals surface area contributed by atoms with Crippen LogP contribution >= 0.6 is 15.6 Å². The van der Waals surface area contributed by atoms with Crippen LogP contribution in [0.2, 0.25) is 0 Å². The number of aliphatic hydroxyl groups excluding tert-OH is 1. The fraction of sp³-hybridized carbons (Fsp3) is 0.939. The van der Waals surface area contributed by atoms with Gasteiger partial charge in [0, 0.05) is 25.7 Å². The molecule has 0 saturated heterocycles. The molecule has 0 bridgehead atoms. The second-order valence-corrected chi connectivity index (χ2v) is 28.4. The average molecular weight is 1260 g/mol. The fourth-order valence-corrected chi connectivity index (χ4v) is 11.3. The molecule has 3 unspecified atom stereocenters. The third-order valence-corrected chi connectivity index (χ3v) is 17.3. The maximum Gasteiger partial charge on any atom is 0.472 e. The van der Waals surface area contributed by atoms with E-state index in [1.807, 2.05) is 0 Å². The molecule has 0 aromatic carbocycles. The summed E-state index contributed by atoms with van der Waals surface area (Å²) in [5, 5.41) is 10.5. The van der Waals surface area contributed by atoms with Gasteiger partial charge in [-0.2, -0.15) is 0 Å². The van der Waals surface area contributed by atoms with Gasteiger partial charge in [0.1, 0.15) is 19.3 Å². The molecule has 0 aliphatic heterocycles. The summed E-state index contributed by atoms with van der Waals surface area (Å²) >= 11 is 0. The van der Waals surface area contributed by atoms with Gasteiger partial charge in [-0.05, 0) is 49.4 Å². The predicted octanol–water partition coefficient (Wildman–Crippen LogP) is 18.1. The molecule has 0 aromatic heterocycles. The maximum absolute atomic E-state index is 13.0. The molecular formula is C66H128O17P2. The molecule has 0 aromatic rings. The fourth-order valence-electron chi connectivity index (χ4n) is 9.75. The van der Waals surface area contributed by atoms with Crippen molar-refractivity contribution in [1.82, 2.24) is 0 Å². The van der Waals surface area contributed by atoms with Gasteiger partial charge < -0.3 is 33.8 Å². The van der Waals surface area contributed by atoms with Gasteiger partial charge in [0.25, 0.3) is 0 Å². The van der Waals surface area contributed by atoms with Crippen molar-refractivity contribution in [3.8, 4) is 0 Å². The van der Waals surface area contributed by atoms with Crippen LogP contribution in [-0.2, 0) is 65.4 Å². The van der Waals surface area contributed by atoms with Crippen LogP contribution in [0.3, 0.4) is 0 Å². The number of carbonyl (C=O) groups is 4. The summed E-state index contributed by atoms with van der Waals surface area (Å²) in [5.41, 5.74) is 0. The maximum atomic E-state index is 13.0. The Hall–Kier alpha value is -1.94. The number of ether oxygens (including phenoxy) is 4. The van der Waals surface area contributed by atoms with E-state index in [9.17, 15) is 43.2 Å². The van der Waals surface area contributed by atoms with Crippen molar-refractivity contribution in [2.45, 2.75) is 337 Å². The lowest BCUT2D eigenvalue weighted by atomic mass is 10.00. The van der Waals surface area contributed by atoms with Crippen molar-refractivity contribution in [1.29, 1.82) is 0 Å². The van der Waals surface area contributed by atoms with Crippen LogP contribution in [0.1, 0.15) is 319 Å². The predicted molar refractivity (Wildman–Crippen MR) is 340 cm³/mol. The number of carbonyl (C=O) groups excluding carboxylic acids is 4. The smallest absolute Gasteiger partial charge is 0.462 e. The normalized spacial score (nSPS) is 14.7. The third kappa shape index (κ3) is 59.5. The first-order valence-electron chi connectivity index (χ1n) is 34.2. The lowest BCUT2D eigenvalue weighted by molar-refractivity contribution is -0.161. The highest BCUT2D eigenvalue weighted by molar-refractivity contribution is 7.47. The zero-order valence-electron chi connectivity index (χ0n) is 55.2. The highest BCUT2D eigenvalue weighted by Crippen LogP contribution is 2.45. The molecule has 85 heavy (non-hydrogen) atoms. The monoisotopic (exact) mass is 1250 g/mol. The number of hydrogen-bond acceptors (Lipinski definition) is 15. The number of rotatable bonds is 63. The summed E-state index contributed by atoms with van der Waals surface area (Å²) in [4.78, 5) is 72.3. The van der Waals surface area contributed by atoms with Crippen LogP contribution in [0.25, 0.3) is 0 Å². The van der Waals surface area contributed by atoms with Gasteiger partial charge in [0.2, 0.25) is 0 Å².